The number of carbonyl (C=O) groups is 1. The summed E-state index contributed by atoms with van der Waals surface area (Å²) in [6.45, 7) is 6.23. The molecule has 0 fully saturated rings. The Morgan fingerprint density at radius 3 is 2.57 bits per heavy atom. The average molecular weight is 384 g/mol. The summed E-state index contributed by atoms with van der Waals surface area (Å²) in [6, 6.07) is 13.1. The van der Waals surface area contributed by atoms with Gasteiger partial charge in [-0.25, -0.2) is 4.79 Å². The van der Waals surface area contributed by atoms with Crippen molar-refractivity contribution in [2.75, 3.05) is 14.2 Å². The molecule has 0 heterocycles. The number of hydroxylamine groups is 1. The fraction of sp³-hybridized carbons (Fsp3) is 0.364. The van der Waals surface area contributed by atoms with Crippen LogP contribution in [0.3, 0.4) is 0 Å². The zero-order valence-corrected chi connectivity index (χ0v) is 17.1. The van der Waals surface area contributed by atoms with Crippen LogP contribution in [0.2, 0.25) is 0 Å². The smallest absolute Gasteiger partial charge is 0.329 e. The molecule has 0 amide bonds. The highest BCUT2D eigenvalue weighted by Gasteiger charge is 2.25. The van der Waals surface area contributed by atoms with Crippen molar-refractivity contribution < 1.29 is 19.2 Å². The molecule has 0 saturated carbocycles. The van der Waals surface area contributed by atoms with Crippen LogP contribution in [0, 0.1) is 6.92 Å². The summed E-state index contributed by atoms with van der Waals surface area (Å²) in [5.74, 6) is -0.440. The number of esters is 1. The van der Waals surface area contributed by atoms with Gasteiger partial charge < -0.3 is 14.4 Å². The maximum atomic E-state index is 12.2. The van der Waals surface area contributed by atoms with Crippen LogP contribution in [-0.4, -0.2) is 25.9 Å². The maximum Gasteiger partial charge on any atom is 0.329 e. The van der Waals surface area contributed by atoms with Crippen molar-refractivity contribution in [3.05, 3.63) is 70.3 Å². The summed E-state index contributed by atoms with van der Waals surface area (Å²) in [5.41, 5.74) is 8.38. The second-order valence-electron chi connectivity index (χ2n) is 6.38. The normalized spacial score (nSPS) is 12.5. The van der Waals surface area contributed by atoms with Crippen molar-refractivity contribution in [1.82, 2.24) is 5.48 Å². The van der Waals surface area contributed by atoms with Crippen LogP contribution < -0.4 is 5.48 Å². The first-order valence-electron chi connectivity index (χ1n) is 9.23. The number of rotatable bonds is 9. The minimum Gasteiger partial charge on any atom is -0.468 e. The molecule has 0 aliphatic heterocycles. The molecule has 2 rings (SSSR count). The van der Waals surface area contributed by atoms with Gasteiger partial charge in [-0.3, -0.25) is 0 Å². The van der Waals surface area contributed by atoms with Crippen molar-refractivity contribution in [3.8, 4) is 0 Å². The van der Waals surface area contributed by atoms with Gasteiger partial charge in [-0.1, -0.05) is 54.5 Å². The summed E-state index contributed by atoms with van der Waals surface area (Å²) in [4.78, 5) is 22.8. The Labute approximate surface area is 166 Å². The van der Waals surface area contributed by atoms with Crippen LogP contribution in [0.5, 0.6) is 0 Å². The first-order chi connectivity index (χ1) is 13.5. The number of carbonyl (C=O) groups excluding carboxylic acids is 1. The second kappa shape index (κ2) is 10.6. The highest BCUT2D eigenvalue weighted by atomic mass is 16.6. The Balaban J connectivity index is 2.25. The van der Waals surface area contributed by atoms with Crippen molar-refractivity contribution >= 4 is 11.7 Å². The first-order valence-corrected chi connectivity index (χ1v) is 9.23. The van der Waals surface area contributed by atoms with Gasteiger partial charge >= 0.3 is 5.97 Å². The zero-order valence-electron chi connectivity index (χ0n) is 17.1. The van der Waals surface area contributed by atoms with Crippen molar-refractivity contribution in [2.24, 2.45) is 5.16 Å². The third-order valence-corrected chi connectivity index (χ3v) is 4.63. The average Bonchev–Trinajstić information content (AvgIpc) is 2.72. The molecule has 0 aromatic heterocycles. The molecule has 6 heteroatoms. The van der Waals surface area contributed by atoms with E-state index in [1.54, 1.807) is 0 Å². The van der Waals surface area contributed by atoms with E-state index in [-0.39, 0.29) is 6.61 Å². The predicted octanol–water partition coefficient (Wildman–Crippen LogP) is 3.86. The van der Waals surface area contributed by atoms with Gasteiger partial charge in [0.15, 0.2) is 6.04 Å². The molecule has 0 saturated heterocycles. The summed E-state index contributed by atoms with van der Waals surface area (Å²) in [7, 11) is 2.80. The molecule has 28 heavy (non-hydrogen) atoms. The lowest BCUT2D eigenvalue weighted by Crippen LogP contribution is -2.30. The fourth-order valence-corrected chi connectivity index (χ4v) is 3.09. The Kier molecular flexibility index (Phi) is 8.17. The number of aryl methyl sites for hydroxylation is 2. The number of oxime groups is 1. The lowest BCUT2D eigenvalue weighted by atomic mass is 9.97. The molecule has 150 valence electrons. The molecule has 1 unspecified atom stereocenters. The van der Waals surface area contributed by atoms with E-state index >= 15 is 0 Å². The number of hydrogen-bond donors (Lipinski definition) is 1. The largest absolute Gasteiger partial charge is 0.468 e. The van der Waals surface area contributed by atoms with Crippen molar-refractivity contribution in [2.45, 2.75) is 39.8 Å². The number of nitrogens with zero attached hydrogens (tertiary/aromatic N) is 1. The van der Waals surface area contributed by atoms with Crippen LogP contribution in [0.25, 0.3) is 0 Å². The van der Waals surface area contributed by atoms with Gasteiger partial charge in [0, 0.05) is 11.1 Å². The molecule has 0 aliphatic rings. The summed E-state index contributed by atoms with van der Waals surface area (Å²) in [5, 5.41) is 4.30. The standard InChI is InChI=1S/C22H28N2O4/c1-6-17-11-7-8-12-18(17)16(3)23-28-14-20-15(2)10-9-13-19(20)21(24-27-5)22(25)26-4/h7-13,21,24H,6,14H2,1-5H3/b23-16+. The molecule has 0 radical (unpaired) electrons. The van der Waals surface area contributed by atoms with Gasteiger partial charge in [0.1, 0.15) is 6.61 Å². The molecule has 1 N–H and O–H groups in total. The third kappa shape index (κ3) is 5.18. The number of ether oxygens (including phenoxy) is 1. The van der Waals surface area contributed by atoms with E-state index < -0.39 is 12.0 Å². The number of nitrogens with one attached hydrogen (secondary N) is 1. The lowest BCUT2D eigenvalue weighted by Gasteiger charge is -2.19. The predicted molar refractivity (Wildman–Crippen MR) is 109 cm³/mol. The molecule has 0 aliphatic carbocycles. The van der Waals surface area contributed by atoms with Crippen LogP contribution in [0.15, 0.2) is 47.6 Å². The van der Waals surface area contributed by atoms with Gasteiger partial charge in [0.05, 0.1) is 19.9 Å². The van der Waals surface area contributed by atoms with E-state index in [0.29, 0.717) is 0 Å². The molecule has 6 nitrogen and oxygen atoms in total. The highest BCUT2D eigenvalue weighted by molar-refractivity contribution is 5.99. The first kappa shape index (κ1) is 21.6. The summed E-state index contributed by atoms with van der Waals surface area (Å²) in [6.07, 6.45) is 0.925. The lowest BCUT2D eigenvalue weighted by molar-refractivity contribution is -0.147. The van der Waals surface area contributed by atoms with Crippen LogP contribution >= 0.6 is 0 Å². The molecule has 1 atom stereocenters. The Hall–Kier alpha value is -2.70. The topological polar surface area (TPSA) is 69.1 Å². The molecule has 2 aromatic rings. The van der Waals surface area contributed by atoms with E-state index in [1.165, 1.54) is 19.8 Å². The van der Waals surface area contributed by atoms with Gasteiger partial charge in [0.25, 0.3) is 0 Å². The molecule has 2 aromatic carbocycles. The van der Waals surface area contributed by atoms with Gasteiger partial charge in [0.2, 0.25) is 0 Å². The van der Waals surface area contributed by atoms with E-state index in [9.17, 15) is 4.79 Å². The van der Waals surface area contributed by atoms with Crippen LogP contribution in [0.1, 0.15) is 47.7 Å². The molecular formula is C22H28N2O4. The quantitative estimate of drug-likeness (QED) is 0.404. The van der Waals surface area contributed by atoms with Crippen LogP contribution in [-0.2, 0) is 32.2 Å². The minimum absolute atomic E-state index is 0.229. The van der Waals surface area contributed by atoms with Gasteiger partial charge in [-0.05, 0) is 37.0 Å². The number of methoxy groups -OCH3 is 1. The Morgan fingerprint density at radius 2 is 1.89 bits per heavy atom. The summed E-state index contributed by atoms with van der Waals surface area (Å²) < 4.78 is 4.89. The van der Waals surface area contributed by atoms with Crippen molar-refractivity contribution in [1.29, 1.82) is 0 Å². The highest BCUT2D eigenvalue weighted by Crippen LogP contribution is 2.24. The van der Waals surface area contributed by atoms with E-state index in [1.807, 2.05) is 50.2 Å². The third-order valence-electron chi connectivity index (χ3n) is 4.63. The van der Waals surface area contributed by atoms with E-state index in [0.717, 1.165) is 34.4 Å². The zero-order chi connectivity index (χ0) is 20.5. The van der Waals surface area contributed by atoms with Gasteiger partial charge in [-0.2, -0.15) is 5.48 Å². The molecular weight excluding hydrogens is 356 g/mol. The fourth-order valence-electron chi connectivity index (χ4n) is 3.09. The maximum absolute atomic E-state index is 12.2. The molecule has 0 spiro atoms. The number of benzene rings is 2. The molecule has 0 bridgehead atoms. The van der Waals surface area contributed by atoms with Crippen molar-refractivity contribution in [3.63, 3.8) is 0 Å². The monoisotopic (exact) mass is 384 g/mol. The van der Waals surface area contributed by atoms with E-state index in [2.05, 4.69) is 23.6 Å². The van der Waals surface area contributed by atoms with E-state index in [4.69, 9.17) is 14.4 Å². The summed E-state index contributed by atoms with van der Waals surface area (Å²) >= 11 is 0. The van der Waals surface area contributed by atoms with Crippen LogP contribution in [0.4, 0.5) is 0 Å². The Morgan fingerprint density at radius 1 is 1.14 bits per heavy atom. The number of hydrogen-bond acceptors (Lipinski definition) is 6. The Bertz CT molecular complexity index is 833. The minimum atomic E-state index is -0.751. The second-order valence-corrected chi connectivity index (χ2v) is 6.38. The van der Waals surface area contributed by atoms with Gasteiger partial charge in [-0.15, -0.1) is 0 Å². The SMILES string of the molecule is CCc1ccccc1/C(C)=N/OCc1c(C)cccc1C(NOC)C(=O)OC.